The van der Waals surface area contributed by atoms with Gasteiger partial charge in [-0.25, -0.2) is 0 Å². The maximum Gasteiger partial charge on any atom is 0.260 e. The fourth-order valence-corrected chi connectivity index (χ4v) is 3.24. The number of hydrogen-bond donors (Lipinski definition) is 0. The summed E-state index contributed by atoms with van der Waals surface area (Å²) in [4.78, 5) is 28.8. The molecule has 0 unspecified atom stereocenters. The van der Waals surface area contributed by atoms with E-state index in [0.29, 0.717) is 26.2 Å². The van der Waals surface area contributed by atoms with E-state index in [4.69, 9.17) is 4.74 Å². The SMILES string of the molecule is Cc1ccc(C)c(C(=O)N2CCN(C(=O)COc3ccccc3C)CC2)c1. The summed E-state index contributed by atoms with van der Waals surface area (Å²) < 4.78 is 5.65. The lowest BCUT2D eigenvalue weighted by Crippen LogP contribution is -2.51. The second-order valence-corrected chi connectivity index (χ2v) is 7.05. The minimum atomic E-state index is -0.0444. The number of amides is 2. The lowest BCUT2D eigenvalue weighted by atomic mass is 10.0. The summed E-state index contributed by atoms with van der Waals surface area (Å²) in [5.41, 5.74) is 3.81. The van der Waals surface area contributed by atoms with E-state index in [0.717, 1.165) is 28.0 Å². The molecule has 0 N–H and O–H groups in total. The van der Waals surface area contributed by atoms with E-state index >= 15 is 0 Å². The minimum absolute atomic E-state index is 0.0236. The lowest BCUT2D eigenvalue weighted by molar-refractivity contribution is -0.134. The fraction of sp³-hybridized carbons (Fsp3) is 0.364. The van der Waals surface area contributed by atoms with E-state index in [2.05, 4.69) is 0 Å². The topological polar surface area (TPSA) is 49.9 Å². The molecule has 1 aliphatic heterocycles. The van der Waals surface area contributed by atoms with Crippen LogP contribution in [0.5, 0.6) is 5.75 Å². The van der Waals surface area contributed by atoms with Crippen LogP contribution in [0.1, 0.15) is 27.0 Å². The van der Waals surface area contributed by atoms with E-state index < -0.39 is 0 Å². The van der Waals surface area contributed by atoms with Crippen LogP contribution in [0.15, 0.2) is 42.5 Å². The molecule has 0 saturated carbocycles. The number of benzene rings is 2. The van der Waals surface area contributed by atoms with Crippen molar-refractivity contribution in [3.05, 3.63) is 64.7 Å². The van der Waals surface area contributed by atoms with Crippen molar-refractivity contribution in [1.82, 2.24) is 9.80 Å². The average molecular weight is 366 g/mol. The third-order valence-electron chi connectivity index (χ3n) is 4.99. The number of ether oxygens (including phenoxy) is 1. The predicted octanol–water partition coefficient (Wildman–Crippen LogP) is 2.98. The maximum absolute atomic E-state index is 12.8. The highest BCUT2D eigenvalue weighted by Crippen LogP contribution is 2.17. The molecule has 5 heteroatoms. The van der Waals surface area contributed by atoms with E-state index in [1.807, 2.05) is 68.1 Å². The zero-order chi connectivity index (χ0) is 19.4. The van der Waals surface area contributed by atoms with Crippen molar-refractivity contribution in [3.63, 3.8) is 0 Å². The van der Waals surface area contributed by atoms with E-state index in [1.165, 1.54) is 0 Å². The van der Waals surface area contributed by atoms with Crippen LogP contribution in [0, 0.1) is 20.8 Å². The van der Waals surface area contributed by atoms with Crippen molar-refractivity contribution in [1.29, 1.82) is 0 Å². The van der Waals surface area contributed by atoms with Crippen molar-refractivity contribution in [2.75, 3.05) is 32.8 Å². The molecular formula is C22H26N2O3. The normalized spacial score (nSPS) is 14.2. The quantitative estimate of drug-likeness (QED) is 0.836. The molecule has 0 spiro atoms. The zero-order valence-corrected chi connectivity index (χ0v) is 16.2. The number of para-hydroxylation sites is 1. The molecule has 0 radical (unpaired) electrons. The van der Waals surface area contributed by atoms with Crippen molar-refractivity contribution in [2.45, 2.75) is 20.8 Å². The van der Waals surface area contributed by atoms with Crippen molar-refractivity contribution >= 4 is 11.8 Å². The maximum atomic E-state index is 12.8. The molecule has 1 heterocycles. The Balaban J connectivity index is 1.54. The molecule has 2 amide bonds. The van der Waals surface area contributed by atoms with Crippen LogP contribution < -0.4 is 4.74 Å². The molecule has 2 aromatic carbocycles. The lowest BCUT2D eigenvalue weighted by Gasteiger charge is -2.35. The van der Waals surface area contributed by atoms with Crippen molar-refractivity contribution in [3.8, 4) is 5.75 Å². The standard InChI is InChI=1S/C22H26N2O3/c1-16-8-9-17(2)19(14-16)22(26)24-12-10-23(11-13-24)21(25)15-27-20-7-5-4-6-18(20)3/h4-9,14H,10-13,15H2,1-3H3. The Hall–Kier alpha value is -2.82. The molecule has 1 saturated heterocycles. The first kappa shape index (κ1) is 19.0. The number of aryl methyl sites for hydroxylation is 3. The summed E-state index contributed by atoms with van der Waals surface area (Å²) in [7, 11) is 0. The summed E-state index contributed by atoms with van der Waals surface area (Å²) in [6, 6.07) is 13.6. The first-order valence-corrected chi connectivity index (χ1v) is 9.28. The smallest absolute Gasteiger partial charge is 0.260 e. The summed E-state index contributed by atoms with van der Waals surface area (Å²) in [5, 5.41) is 0. The third-order valence-corrected chi connectivity index (χ3v) is 4.99. The predicted molar refractivity (Wildman–Crippen MR) is 105 cm³/mol. The highest BCUT2D eigenvalue weighted by atomic mass is 16.5. The van der Waals surface area contributed by atoms with Gasteiger partial charge in [-0.3, -0.25) is 9.59 Å². The molecule has 5 nitrogen and oxygen atoms in total. The number of hydrogen-bond acceptors (Lipinski definition) is 3. The van der Waals surface area contributed by atoms with Gasteiger partial charge in [0, 0.05) is 31.7 Å². The molecule has 1 aliphatic rings. The van der Waals surface area contributed by atoms with Crippen LogP contribution in [0.3, 0.4) is 0 Å². The molecule has 1 fully saturated rings. The molecule has 0 aliphatic carbocycles. The average Bonchev–Trinajstić information content (AvgIpc) is 2.68. The summed E-state index contributed by atoms with van der Waals surface area (Å²) in [6.45, 7) is 8.08. The largest absolute Gasteiger partial charge is 0.484 e. The molecule has 2 aromatic rings. The summed E-state index contributed by atoms with van der Waals surface area (Å²) in [5.74, 6) is 0.728. The molecular weight excluding hydrogens is 340 g/mol. The van der Waals surface area contributed by atoms with Crippen LogP contribution in [0.2, 0.25) is 0 Å². The highest BCUT2D eigenvalue weighted by Gasteiger charge is 2.25. The van der Waals surface area contributed by atoms with Crippen LogP contribution in [-0.2, 0) is 4.79 Å². The molecule has 3 rings (SSSR count). The van der Waals surface area contributed by atoms with Crippen LogP contribution >= 0.6 is 0 Å². The monoisotopic (exact) mass is 366 g/mol. The van der Waals surface area contributed by atoms with Gasteiger partial charge in [-0.15, -0.1) is 0 Å². The third kappa shape index (κ3) is 4.48. The number of rotatable bonds is 4. The molecule has 27 heavy (non-hydrogen) atoms. The van der Waals surface area contributed by atoms with Gasteiger partial charge in [-0.1, -0.05) is 35.9 Å². The van der Waals surface area contributed by atoms with Gasteiger partial charge in [0.1, 0.15) is 5.75 Å². The number of carbonyl (C=O) groups is 2. The summed E-state index contributed by atoms with van der Waals surface area (Å²) >= 11 is 0. The van der Waals surface area contributed by atoms with Crippen molar-refractivity contribution in [2.24, 2.45) is 0 Å². The first-order chi connectivity index (χ1) is 13.0. The number of piperazine rings is 1. The second-order valence-electron chi connectivity index (χ2n) is 7.05. The van der Waals surface area contributed by atoms with Crippen LogP contribution in [0.25, 0.3) is 0 Å². The molecule has 0 atom stereocenters. The minimum Gasteiger partial charge on any atom is -0.484 e. The Bertz CT molecular complexity index is 839. The van der Waals surface area contributed by atoms with Gasteiger partial charge in [0.05, 0.1) is 0 Å². The van der Waals surface area contributed by atoms with Gasteiger partial charge in [-0.05, 0) is 44.0 Å². The highest BCUT2D eigenvalue weighted by molar-refractivity contribution is 5.96. The Morgan fingerprint density at radius 1 is 0.889 bits per heavy atom. The van der Waals surface area contributed by atoms with Gasteiger partial charge >= 0.3 is 0 Å². The van der Waals surface area contributed by atoms with E-state index in [9.17, 15) is 9.59 Å². The molecule has 0 aromatic heterocycles. The Morgan fingerprint density at radius 2 is 1.56 bits per heavy atom. The van der Waals surface area contributed by atoms with Crippen molar-refractivity contribution < 1.29 is 14.3 Å². The van der Waals surface area contributed by atoms with E-state index in [-0.39, 0.29) is 18.4 Å². The Kier molecular flexibility index (Phi) is 5.79. The number of nitrogens with zero attached hydrogens (tertiary/aromatic N) is 2. The molecule has 0 bridgehead atoms. The summed E-state index contributed by atoms with van der Waals surface area (Å²) in [6.07, 6.45) is 0. The fourth-order valence-electron chi connectivity index (χ4n) is 3.24. The zero-order valence-electron chi connectivity index (χ0n) is 16.2. The van der Waals surface area contributed by atoms with Gasteiger partial charge in [0.25, 0.3) is 11.8 Å². The van der Waals surface area contributed by atoms with Gasteiger partial charge < -0.3 is 14.5 Å². The van der Waals surface area contributed by atoms with Gasteiger partial charge in [0.15, 0.2) is 6.61 Å². The van der Waals surface area contributed by atoms with Gasteiger partial charge in [0.2, 0.25) is 0 Å². The van der Waals surface area contributed by atoms with Gasteiger partial charge in [-0.2, -0.15) is 0 Å². The first-order valence-electron chi connectivity index (χ1n) is 9.28. The van der Waals surface area contributed by atoms with Crippen LogP contribution in [-0.4, -0.2) is 54.4 Å². The van der Waals surface area contributed by atoms with Crippen LogP contribution in [0.4, 0.5) is 0 Å². The second kappa shape index (κ2) is 8.25. The van der Waals surface area contributed by atoms with E-state index in [1.54, 1.807) is 4.90 Å². The molecule has 142 valence electrons. The Labute approximate surface area is 160 Å². The number of carbonyl (C=O) groups excluding carboxylic acids is 2. The Morgan fingerprint density at radius 3 is 2.26 bits per heavy atom.